The van der Waals surface area contributed by atoms with Gasteiger partial charge >= 0.3 is 0 Å². The van der Waals surface area contributed by atoms with Gasteiger partial charge in [-0.3, -0.25) is 4.99 Å². The van der Waals surface area contributed by atoms with Gasteiger partial charge in [0.1, 0.15) is 0 Å². The molecule has 0 aromatic heterocycles. The number of nitrogens with zero attached hydrogens (tertiary/aromatic N) is 1. The van der Waals surface area contributed by atoms with Gasteiger partial charge < -0.3 is 0 Å². The van der Waals surface area contributed by atoms with Crippen molar-refractivity contribution in [3.05, 3.63) is 53.1 Å². The number of hydrogen-bond donors (Lipinski definition) is 0. The van der Waals surface area contributed by atoms with Gasteiger partial charge in [0.15, 0.2) is 0 Å². The van der Waals surface area contributed by atoms with E-state index in [2.05, 4.69) is 23.2 Å². The molecule has 3 heteroatoms. The standard InChI is InChI=1S/C14H10ClNS/c1-9-11-4-2-3-5-13(11)17-14-7-6-10(15)8-12(14)16-9/h2-8H,1H3. The maximum Gasteiger partial charge on any atom is 0.0787 e. The third-order valence-corrected chi connectivity index (χ3v) is 4.08. The first-order valence-corrected chi connectivity index (χ1v) is 6.55. The van der Waals surface area contributed by atoms with Crippen molar-refractivity contribution in [2.75, 3.05) is 0 Å². The predicted molar refractivity (Wildman–Crippen MR) is 73.9 cm³/mol. The van der Waals surface area contributed by atoms with Crippen molar-refractivity contribution in [3.63, 3.8) is 0 Å². The average molecular weight is 260 g/mol. The molecule has 1 heterocycles. The van der Waals surface area contributed by atoms with Crippen LogP contribution >= 0.6 is 23.4 Å². The van der Waals surface area contributed by atoms with Crippen LogP contribution in [0.25, 0.3) is 0 Å². The van der Waals surface area contributed by atoms with Crippen molar-refractivity contribution >= 4 is 34.8 Å². The van der Waals surface area contributed by atoms with E-state index in [1.54, 1.807) is 11.8 Å². The summed E-state index contributed by atoms with van der Waals surface area (Å²) in [5.74, 6) is 0. The number of benzene rings is 2. The topological polar surface area (TPSA) is 12.4 Å². The molecular weight excluding hydrogens is 250 g/mol. The summed E-state index contributed by atoms with van der Waals surface area (Å²) in [4.78, 5) is 7.05. The molecule has 1 nitrogen and oxygen atoms in total. The van der Waals surface area contributed by atoms with E-state index in [0.717, 1.165) is 21.3 Å². The highest BCUT2D eigenvalue weighted by atomic mass is 35.5. The Morgan fingerprint density at radius 2 is 1.88 bits per heavy atom. The van der Waals surface area contributed by atoms with Gasteiger partial charge in [0.25, 0.3) is 0 Å². The van der Waals surface area contributed by atoms with E-state index in [1.165, 1.54) is 10.5 Å². The minimum absolute atomic E-state index is 0.729. The first-order chi connectivity index (χ1) is 8.24. The number of aliphatic imine (C=N–C) groups is 1. The number of fused-ring (bicyclic) bond motifs is 2. The molecular formula is C14H10ClNS. The Kier molecular flexibility index (Phi) is 2.69. The monoisotopic (exact) mass is 259 g/mol. The highest BCUT2D eigenvalue weighted by Crippen LogP contribution is 2.41. The Morgan fingerprint density at radius 1 is 1.06 bits per heavy atom. The fraction of sp³-hybridized carbons (Fsp3) is 0.0714. The van der Waals surface area contributed by atoms with Gasteiger partial charge in [0, 0.05) is 26.1 Å². The lowest BCUT2D eigenvalue weighted by Gasteiger charge is -2.04. The lowest BCUT2D eigenvalue weighted by atomic mass is 10.1. The zero-order valence-electron chi connectivity index (χ0n) is 9.27. The van der Waals surface area contributed by atoms with Gasteiger partial charge in [-0.25, -0.2) is 0 Å². The molecule has 0 radical (unpaired) electrons. The number of rotatable bonds is 0. The number of halogens is 1. The summed E-state index contributed by atoms with van der Waals surface area (Å²) in [6.45, 7) is 2.04. The molecule has 3 rings (SSSR count). The second-order valence-electron chi connectivity index (χ2n) is 3.91. The average Bonchev–Trinajstić information content (AvgIpc) is 2.46. The summed E-state index contributed by atoms with van der Waals surface area (Å²) in [6.07, 6.45) is 0. The van der Waals surface area contributed by atoms with Gasteiger partial charge in [0.2, 0.25) is 0 Å². The fourth-order valence-electron chi connectivity index (χ4n) is 1.88. The highest BCUT2D eigenvalue weighted by Gasteiger charge is 2.14. The van der Waals surface area contributed by atoms with E-state index < -0.39 is 0 Å². The minimum atomic E-state index is 0.729. The molecule has 0 fully saturated rings. The molecule has 2 aromatic rings. The van der Waals surface area contributed by atoms with Crippen LogP contribution in [0.15, 0.2) is 57.2 Å². The van der Waals surface area contributed by atoms with Crippen molar-refractivity contribution in [3.8, 4) is 0 Å². The molecule has 0 spiro atoms. The summed E-state index contributed by atoms with van der Waals surface area (Å²) in [6, 6.07) is 14.2. The van der Waals surface area contributed by atoms with E-state index in [-0.39, 0.29) is 0 Å². The van der Waals surface area contributed by atoms with Crippen LogP contribution in [0.5, 0.6) is 0 Å². The molecule has 0 saturated carbocycles. The normalized spacial score (nSPS) is 13.4. The van der Waals surface area contributed by atoms with E-state index in [0.29, 0.717) is 0 Å². The van der Waals surface area contributed by atoms with Crippen LogP contribution in [-0.4, -0.2) is 5.71 Å². The van der Waals surface area contributed by atoms with Gasteiger partial charge in [0.05, 0.1) is 5.69 Å². The predicted octanol–water partition coefficient (Wildman–Crippen LogP) is 4.95. The van der Waals surface area contributed by atoms with Crippen LogP contribution in [-0.2, 0) is 0 Å². The summed E-state index contributed by atoms with van der Waals surface area (Å²) in [5.41, 5.74) is 3.19. The van der Waals surface area contributed by atoms with Crippen LogP contribution in [0.1, 0.15) is 12.5 Å². The first-order valence-electron chi connectivity index (χ1n) is 5.36. The fourth-order valence-corrected chi connectivity index (χ4v) is 3.10. The molecule has 0 saturated heterocycles. The molecule has 1 aliphatic rings. The Morgan fingerprint density at radius 3 is 2.76 bits per heavy atom. The summed E-state index contributed by atoms with van der Waals surface area (Å²) in [7, 11) is 0. The molecule has 2 aromatic carbocycles. The maximum atomic E-state index is 6.01. The Hall–Kier alpha value is -1.25. The summed E-state index contributed by atoms with van der Waals surface area (Å²) in [5, 5.41) is 0.729. The quantitative estimate of drug-likeness (QED) is 0.652. The summed E-state index contributed by atoms with van der Waals surface area (Å²) < 4.78 is 0. The second-order valence-corrected chi connectivity index (χ2v) is 5.43. The van der Waals surface area contributed by atoms with Crippen LogP contribution in [0.2, 0.25) is 5.02 Å². The van der Waals surface area contributed by atoms with Crippen LogP contribution in [0.3, 0.4) is 0 Å². The second kappa shape index (κ2) is 4.21. The highest BCUT2D eigenvalue weighted by molar-refractivity contribution is 7.99. The van der Waals surface area contributed by atoms with E-state index in [9.17, 15) is 0 Å². The Bertz CT molecular complexity index is 619. The van der Waals surface area contributed by atoms with E-state index >= 15 is 0 Å². The lowest BCUT2D eigenvalue weighted by molar-refractivity contribution is 1.37. The van der Waals surface area contributed by atoms with E-state index in [1.807, 2.05) is 31.2 Å². The van der Waals surface area contributed by atoms with Crippen LogP contribution < -0.4 is 0 Å². The number of hydrogen-bond acceptors (Lipinski definition) is 2. The molecule has 17 heavy (non-hydrogen) atoms. The molecule has 0 atom stereocenters. The molecule has 1 aliphatic heterocycles. The summed E-state index contributed by atoms with van der Waals surface area (Å²) >= 11 is 7.75. The minimum Gasteiger partial charge on any atom is -0.252 e. The molecule has 0 bridgehead atoms. The third-order valence-electron chi connectivity index (χ3n) is 2.71. The third kappa shape index (κ3) is 1.99. The van der Waals surface area contributed by atoms with Gasteiger partial charge in [-0.2, -0.15) is 0 Å². The molecule has 84 valence electrons. The van der Waals surface area contributed by atoms with Crippen molar-refractivity contribution in [1.29, 1.82) is 0 Å². The van der Waals surface area contributed by atoms with Crippen molar-refractivity contribution < 1.29 is 0 Å². The lowest BCUT2D eigenvalue weighted by Crippen LogP contribution is -1.94. The molecule has 0 amide bonds. The molecule has 0 aliphatic carbocycles. The zero-order chi connectivity index (χ0) is 11.8. The van der Waals surface area contributed by atoms with Crippen molar-refractivity contribution in [2.24, 2.45) is 4.99 Å². The van der Waals surface area contributed by atoms with Crippen LogP contribution in [0, 0.1) is 0 Å². The Balaban J connectivity index is 2.24. The smallest absolute Gasteiger partial charge is 0.0787 e. The molecule has 0 N–H and O–H groups in total. The largest absolute Gasteiger partial charge is 0.252 e. The Labute approximate surface area is 110 Å². The first kappa shape index (κ1) is 10.9. The van der Waals surface area contributed by atoms with Crippen molar-refractivity contribution in [1.82, 2.24) is 0 Å². The zero-order valence-corrected chi connectivity index (χ0v) is 10.8. The van der Waals surface area contributed by atoms with Gasteiger partial charge in [-0.15, -0.1) is 0 Å². The van der Waals surface area contributed by atoms with Crippen molar-refractivity contribution in [2.45, 2.75) is 16.7 Å². The SMILES string of the molecule is CC1=Nc2cc(Cl)ccc2Sc2ccccc21. The molecule has 0 unspecified atom stereocenters. The van der Waals surface area contributed by atoms with Crippen LogP contribution in [0.4, 0.5) is 5.69 Å². The van der Waals surface area contributed by atoms with Gasteiger partial charge in [-0.05, 0) is 31.2 Å². The van der Waals surface area contributed by atoms with Gasteiger partial charge in [-0.1, -0.05) is 41.6 Å². The van der Waals surface area contributed by atoms with E-state index in [4.69, 9.17) is 11.6 Å². The maximum absolute atomic E-state index is 6.01.